The Bertz CT molecular complexity index is 535. The van der Waals surface area contributed by atoms with Gasteiger partial charge in [-0.2, -0.15) is 0 Å². The number of nitrogens with zero attached hydrogens (tertiary/aromatic N) is 1. The van der Waals surface area contributed by atoms with Gasteiger partial charge in [0.05, 0.1) is 6.54 Å². The number of likely N-dealkylation sites (N-methyl/N-ethyl adjacent to an activating group) is 1. The lowest BCUT2D eigenvalue weighted by Gasteiger charge is -2.25. The second kappa shape index (κ2) is 8.56. The van der Waals surface area contributed by atoms with Crippen LogP contribution in [0.2, 0.25) is 0 Å². The molecular formula is C18H28N2O3. The van der Waals surface area contributed by atoms with E-state index < -0.39 is 0 Å². The number of hydrogen-bond acceptors (Lipinski definition) is 3. The number of aryl methyl sites for hydroxylation is 1. The molecule has 0 saturated heterocycles. The van der Waals surface area contributed by atoms with Crippen LogP contribution in [0, 0.1) is 0 Å². The third-order valence-electron chi connectivity index (χ3n) is 3.25. The zero-order valence-electron chi connectivity index (χ0n) is 14.8. The van der Waals surface area contributed by atoms with E-state index in [1.54, 1.807) is 0 Å². The number of carbonyl (C=O) groups is 2. The third kappa shape index (κ3) is 7.17. The van der Waals surface area contributed by atoms with E-state index in [4.69, 9.17) is 4.74 Å². The van der Waals surface area contributed by atoms with E-state index in [0.717, 1.165) is 12.0 Å². The fourth-order valence-corrected chi connectivity index (χ4v) is 2.10. The lowest BCUT2D eigenvalue weighted by atomic mass is 10.1. The smallest absolute Gasteiger partial charge is 0.260 e. The molecule has 0 aliphatic carbocycles. The van der Waals surface area contributed by atoms with Crippen molar-refractivity contribution in [3.05, 3.63) is 29.8 Å². The topological polar surface area (TPSA) is 58.6 Å². The molecule has 0 radical (unpaired) electrons. The highest BCUT2D eigenvalue weighted by molar-refractivity contribution is 5.85. The van der Waals surface area contributed by atoms with Crippen molar-refractivity contribution in [3.63, 3.8) is 0 Å². The van der Waals surface area contributed by atoms with Gasteiger partial charge < -0.3 is 15.0 Å². The maximum absolute atomic E-state index is 12.2. The maximum atomic E-state index is 12.2. The van der Waals surface area contributed by atoms with E-state index in [2.05, 4.69) is 12.2 Å². The monoisotopic (exact) mass is 320 g/mol. The van der Waals surface area contributed by atoms with Gasteiger partial charge in [0.25, 0.3) is 5.91 Å². The fraction of sp³-hybridized carbons (Fsp3) is 0.556. The van der Waals surface area contributed by atoms with Crippen LogP contribution in [-0.4, -0.2) is 41.9 Å². The average molecular weight is 320 g/mol. The molecule has 0 aliphatic rings. The zero-order valence-corrected chi connectivity index (χ0v) is 14.8. The molecule has 23 heavy (non-hydrogen) atoms. The van der Waals surface area contributed by atoms with Crippen LogP contribution in [0.3, 0.4) is 0 Å². The summed E-state index contributed by atoms with van der Waals surface area (Å²) in [5.74, 6) is 0.312. The normalized spacial score (nSPS) is 11.0. The first-order chi connectivity index (χ1) is 10.7. The predicted octanol–water partition coefficient (Wildman–Crippen LogP) is 2.39. The lowest BCUT2D eigenvalue weighted by molar-refractivity contribution is -0.137. The van der Waals surface area contributed by atoms with Crippen molar-refractivity contribution < 1.29 is 14.3 Å². The average Bonchev–Trinajstić information content (AvgIpc) is 2.48. The van der Waals surface area contributed by atoms with Gasteiger partial charge in [-0.15, -0.1) is 0 Å². The molecule has 1 aromatic rings. The van der Waals surface area contributed by atoms with Gasteiger partial charge in [0.1, 0.15) is 5.75 Å². The highest BCUT2D eigenvalue weighted by Crippen LogP contribution is 2.13. The van der Waals surface area contributed by atoms with Crippen LogP contribution in [0.4, 0.5) is 0 Å². The summed E-state index contributed by atoms with van der Waals surface area (Å²) < 4.78 is 5.55. The van der Waals surface area contributed by atoms with Crippen molar-refractivity contribution in [1.29, 1.82) is 0 Å². The number of rotatable bonds is 7. The van der Waals surface area contributed by atoms with E-state index in [1.165, 1.54) is 4.90 Å². The van der Waals surface area contributed by atoms with Gasteiger partial charge in [-0.25, -0.2) is 0 Å². The lowest BCUT2D eigenvalue weighted by Crippen LogP contribution is -2.48. The molecule has 1 N–H and O–H groups in total. The number of hydrogen-bond donors (Lipinski definition) is 1. The molecule has 0 aromatic heterocycles. The van der Waals surface area contributed by atoms with Crippen LogP contribution in [0.25, 0.3) is 0 Å². The minimum Gasteiger partial charge on any atom is -0.484 e. The van der Waals surface area contributed by atoms with Crippen LogP contribution in [0.1, 0.15) is 40.2 Å². The highest BCUT2D eigenvalue weighted by Gasteiger charge is 2.19. The third-order valence-corrected chi connectivity index (χ3v) is 3.25. The Kier molecular flexibility index (Phi) is 7.07. The second-order valence-corrected chi connectivity index (χ2v) is 6.50. The molecule has 1 rings (SSSR count). The molecule has 0 spiro atoms. The SMILES string of the molecule is CCc1cccc(OCC(=O)N(CC)CC(=O)NC(C)(C)C)c1. The Morgan fingerprint density at radius 3 is 2.48 bits per heavy atom. The van der Waals surface area contributed by atoms with Crippen molar-refractivity contribution >= 4 is 11.8 Å². The quantitative estimate of drug-likeness (QED) is 0.839. The van der Waals surface area contributed by atoms with Crippen LogP contribution < -0.4 is 10.1 Å². The Hall–Kier alpha value is -2.04. The van der Waals surface area contributed by atoms with Gasteiger partial charge in [-0.3, -0.25) is 9.59 Å². The molecule has 5 heteroatoms. The van der Waals surface area contributed by atoms with Crippen molar-refractivity contribution in [2.24, 2.45) is 0 Å². The number of benzene rings is 1. The van der Waals surface area contributed by atoms with Crippen molar-refractivity contribution in [2.45, 2.75) is 46.6 Å². The van der Waals surface area contributed by atoms with E-state index in [9.17, 15) is 9.59 Å². The van der Waals surface area contributed by atoms with E-state index >= 15 is 0 Å². The largest absolute Gasteiger partial charge is 0.484 e. The summed E-state index contributed by atoms with van der Waals surface area (Å²) in [5.41, 5.74) is 0.850. The Morgan fingerprint density at radius 1 is 1.22 bits per heavy atom. The standard InChI is InChI=1S/C18H28N2O3/c1-6-14-9-8-10-15(11-14)23-13-17(22)20(7-2)12-16(21)19-18(3,4)5/h8-11H,6-7,12-13H2,1-5H3,(H,19,21). The summed E-state index contributed by atoms with van der Waals surface area (Å²) in [6.07, 6.45) is 0.916. The summed E-state index contributed by atoms with van der Waals surface area (Å²) in [7, 11) is 0. The van der Waals surface area contributed by atoms with Gasteiger partial charge >= 0.3 is 0 Å². The van der Waals surface area contributed by atoms with Gasteiger partial charge in [0.15, 0.2) is 6.61 Å². The van der Waals surface area contributed by atoms with Gasteiger partial charge in [-0.1, -0.05) is 19.1 Å². The van der Waals surface area contributed by atoms with Crippen molar-refractivity contribution in [2.75, 3.05) is 19.7 Å². The van der Waals surface area contributed by atoms with Crippen molar-refractivity contribution in [1.82, 2.24) is 10.2 Å². The molecule has 0 bridgehead atoms. The maximum Gasteiger partial charge on any atom is 0.260 e. The Labute approximate surface area is 139 Å². The van der Waals surface area contributed by atoms with E-state index in [0.29, 0.717) is 12.3 Å². The molecule has 128 valence electrons. The molecule has 0 fully saturated rings. The minimum absolute atomic E-state index is 0.0466. The van der Waals surface area contributed by atoms with Crippen LogP contribution in [-0.2, 0) is 16.0 Å². The first-order valence-electron chi connectivity index (χ1n) is 8.05. The number of carbonyl (C=O) groups excluding carboxylic acids is 2. The molecule has 0 atom stereocenters. The molecule has 1 aromatic carbocycles. The summed E-state index contributed by atoms with van der Waals surface area (Å²) in [5, 5.41) is 2.85. The predicted molar refractivity (Wildman–Crippen MR) is 91.5 cm³/mol. The fourth-order valence-electron chi connectivity index (χ4n) is 2.10. The van der Waals surface area contributed by atoms with Crippen LogP contribution in [0.15, 0.2) is 24.3 Å². The van der Waals surface area contributed by atoms with Crippen LogP contribution in [0.5, 0.6) is 5.75 Å². The summed E-state index contributed by atoms with van der Waals surface area (Å²) >= 11 is 0. The first kappa shape index (κ1) is 19.0. The second-order valence-electron chi connectivity index (χ2n) is 6.50. The van der Waals surface area contributed by atoms with E-state index in [-0.39, 0.29) is 30.5 Å². The summed E-state index contributed by atoms with van der Waals surface area (Å²) in [6.45, 7) is 10.1. The Morgan fingerprint density at radius 2 is 1.91 bits per heavy atom. The molecule has 0 heterocycles. The molecule has 0 unspecified atom stereocenters. The number of ether oxygens (including phenoxy) is 1. The molecule has 5 nitrogen and oxygen atoms in total. The molecule has 0 aliphatic heterocycles. The van der Waals surface area contributed by atoms with Gasteiger partial charge in [0, 0.05) is 12.1 Å². The van der Waals surface area contributed by atoms with Crippen LogP contribution >= 0.6 is 0 Å². The molecular weight excluding hydrogens is 292 g/mol. The van der Waals surface area contributed by atoms with Gasteiger partial charge in [0.2, 0.25) is 5.91 Å². The van der Waals surface area contributed by atoms with E-state index in [1.807, 2.05) is 52.0 Å². The summed E-state index contributed by atoms with van der Waals surface area (Å²) in [6, 6.07) is 7.68. The highest BCUT2D eigenvalue weighted by atomic mass is 16.5. The minimum atomic E-state index is -0.309. The zero-order chi connectivity index (χ0) is 17.5. The molecule has 0 saturated carbocycles. The van der Waals surface area contributed by atoms with Gasteiger partial charge in [-0.05, 0) is 51.8 Å². The van der Waals surface area contributed by atoms with Crippen molar-refractivity contribution in [3.8, 4) is 5.75 Å². The molecule has 2 amide bonds. The number of amides is 2. The first-order valence-corrected chi connectivity index (χ1v) is 8.05. The summed E-state index contributed by atoms with van der Waals surface area (Å²) in [4.78, 5) is 25.7. The Balaban J connectivity index is 2.54. The number of nitrogens with one attached hydrogen (secondary N) is 1.